The Bertz CT molecular complexity index is 751. The van der Waals surface area contributed by atoms with E-state index in [1.54, 1.807) is 0 Å². The van der Waals surface area contributed by atoms with Gasteiger partial charge in [0, 0.05) is 22.5 Å². The molecule has 2 N–H and O–H groups in total. The van der Waals surface area contributed by atoms with Crippen LogP contribution in [-0.4, -0.2) is 24.7 Å². The molecule has 0 saturated carbocycles. The Kier molecular flexibility index (Phi) is 4.71. The van der Waals surface area contributed by atoms with E-state index < -0.39 is 0 Å². The third-order valence-electron chi connectivity index (χ3n) is 4.89. The molecule has 1 aromatic carbocycles. The number of ether oxygens (including phenoxy) is 1. The highest BCUT2D eigenvalue weighted by Gasteiger charge is 2.22. The van der Waals surface area contributed by atoms with Crippen molar-refractivity contribution >= 4 is 10.9 Å². The molecule has 0 aliphatic carbocycles. The van der Waals surface area contributed by atoms with Gasteiger partial charge in [-0.15, -0.1) is 0 Å². The van der Waals surface area contributed by atoms with Gasteiger partial charge in [0.25, 0.3) is 0 Å². The number of benzene rings is 1. The summed E-state index contributed by atoms with van der Waals surface area (Å²) in [6, 6.07) is 5.72. The molecule has 0 amide bonds. The van der Waals surface area contributed by atoms with Crippen LogP contribution in [0, 0.1) is 12.8 Å². The monoisotopic (exact) mass is 315 g/mol. The lowest BCUT2D eigenvalue weighted by Gasteiger charge is -2.28. The molecule has 1 aliphatic rings. The van der Waals surface area contributed by atoms with E-state index in [0.717, 1.165) is 46.9 Å². The number of pyridine rings is 1. The van der Waals surface area contributed by atoms with Gasteiger partial charge in [-0.3, -0.25) is 4.79 Å². The Morgan fingerprint density at radius 3 is 2.96 bits per heavy atom. The van der Waals surface area contributed by atoms with E-state index in [1.165, 1.54) is 24.3 Å². The molecule has 1 aliphatic heterocycles. The van der Waals surface area contributed by atoms with Crippen LogP contribution in [0.1, 0.15) is 37.9 Å². The van der Waals surface area contributed by atoms with Crippen LogP contribution in [0.2, 0.25) is 0 Å². The molecule has 2 atom stereocenters. The molecule has 4 heteroatoms. The molecule has 0 bridgehead atoms. The topological polar surface area (TPSA) is 46.5 Å². The summed E-state index contributed by atoms with van der Waals surface area (Å²) in [5.74, 6) is 1.52. The largest absolute Gasteiger partial charge is 0.494 e. The fraction of sp³-hybridized carbons (Fsp3) is 0.526. The standard InChI is InChI=1S/C19H26N2O2/c1-4-23-15-7-8-18-16(10-15)19(22)17(14(3)20-18)12-21-9-5-6-13(2)11-21/h7-8,10,13H,4-6,9,11-12H2,1-3H3,(H,20,22)/p+1. The van der Waals surface area contributed by atoms with Crippen LogP contribution >= 0.6 is 0 Å². The second-order valence-corrected chi connectivity index (χ2v) is 6.83. The Morgan fingerprint density at radius 2 is 2.22 bits per heavy atom. The Hall–Kier alpha value is -1.81. The van der Waals surface area contributed by atoms with E-state index in [-0.39, 0.29) is 5.43 Å². The van der Waals surface area contributed by atoms with E-state index >= 15 is 0 Å². The second kappa shape index (κ2) is 6.75. The predicted octanol–water partition coefficient (Wildman–Crippen LogP) is 2.05. The van der Waals surface area contributed by atoms with Gasteiger partial charge in [-0.1, -0.05) is 6.92 Å². The summed E-state index contributed by atoms with van der Waals surface area (Å²) >= 11 is 0. The van der Waals surface area contributed by atoms with Gasteiger partial charge >= 0.3 is 0 Å². The Labute approximate surface area is 137 Å². The van der Waals surface area contributed by atoms with E-state index in [9.17, 15) is 4.79 Å². The van der Waals surface area contributed by atoms with Crippen molar-refractivity contribution in [1.29, 1.82) is 0 Å². The lowest BCUT2D eigenvalue weighted by Crippen LogP contribution is -3.12. The predicted molar refractivity (Wildman–Crippen MR) is 93.3 cm³/mol. The van der Waals surface area contributed by atoms with Gasteiger partial charge in [-0.25, -0.2) is 0 Å². The number of aromatic amines is 1. The van der Waals surface area contributed by atoms with E-state index in [0.29, 0.717) is 6.61 Å². The summed E-state index contributed by atoms with van der Waals surface area (Å²) in [5.41, 5.74) is 2.97. The van der Waals surface area contributed by atoms with E-state index in [1.807, 2.05) is 32.0 Å². The van der Waals surface area contributed by atoms with Crippen LogP contribution in [0.5, 0.6) is 5.75 Å². The van der Waals surface area contributed by atoms with E-state index in [4.69, 9.17) is 4.74 Å². The zero-order valence-electron chi connectivity index (χ0n) is 14.4. The van der Waals surface area contributed by atoms with Crippen molar-refractivity contribution in [3.63, 3.8) is 0 Å². The molecule has 2 unspecified atom stereocenters. The van der Waals surface area contributed by atoms with Gasteiger partial charge in [0.1, 0.15) is 12.3 Å². The van der Waals surface area contributed by atoms with Crippen LogP contribution in [0.25, 0.3) is 10.9 Å². The second-order valence-electron chi connectivity index (χ2n) is 6.83. The lowest BCUT2D eigenvalue weighted by molar-refractivity contribution is -0.922. The number of rotatable bonds is 4. The third-order valence-corrected chi connectivity index (χ3v) is 4.89. The summed E-state index contributed by atoms with van der Waals surface area (Å²) in [6.07, 6.45) is 2.57. The van der Waals surface area contributed by atoms with Gasteiger partial charge in [0.15, 0.2) is 5.43 Å². The first kappa shape index (κ1) is 16.1. The number of hydrogen-bond acceptors (Lipinski definition) is 2. The van der Waals surface area contributed by atoms with Crippen LogP contribution in [-0.2, 0) is 6.54 Å². The van der Waals surface area contributed by atoms with Crippen molar-refractivity contribution in [3.05, 3.63) is 39.7 Å². The van der Waals surface area contributed by atoms with Gasteiger partial charge in [0.05, 0.1) is 25.3 Å². The molecule has 2 heterocycles. The van der Waals surface area contributed by atoms with Crippen molar-refractivity contribution in [2.75, 3.05) is 19.7 Å². The number of aromatic nitrogens is 1. The number of fused-ring (bicyclic) bond motifs is 1. The molecule has 0 radical (unpaired) electrons. The average Bonchev–Trinajstić information content (AvgIpc) is 2.52. The zero-order chi connectivity index (χ0) is 16.4. The minimum atomic E-state index is 0.156. The Morgan fingerprint density at radius 1 is 1.39 bits per heavy atom. The molecule has 3 rings (SSSR count). The number of piperidine rings is 1. The molecular weight excluding hydrogens is 288 g/mol. The summed E-state index contributed by atoms with van der Waals surface area (Å²) in [5, 5.41) is 0.737. The van der Waals surface area contributed by atoms with Crippen molar-refractivity contribution in [1.82, 2.24) is 4.98 Å². The summed E-state index contributed by atoms with van der Waals surface area (Å²) < 4.78 is 5.55. The van der Waals surface area contributed by atoms with Crippen molar-refractivity contribution in [2.24, 2.45) is 5.92 Å². The van der Waals surface area contributed by atoms with Gasteiger partial charge in [0.2, 0.25) is 0 Å². The van der Waals surface area contributed by atoms with Crippen LogP contribution < -0.4 is 15.1 Å². The quantitative estimate of drug-likeness (QED) is 0.907. The molecule has 23 heavy (non-hydrogen) atoms. The van der Waals surface area contributed by atoms with Gasteiger partial charge in [-0.2, -0.15) is 0 Å². The molecule has 0 spiro atoms. The fourth-order valence-electron chi connectivity index (χ4n) is 3.71. The van der Waals surface area contributed by atoms with Crippen molar-refractivity contribution in [2.45, 2.75) is 40.2 Å². The molecule has 4 nitrogen and oxygen atoms in total. The number of H-pyrrole nitrogens is 1. The number of nitrogens with one attached hydrogen (secondary N) is 2. The SMILES string of the molecule is CCOc1ccc2[nH]c(C)c(C[NH+]3CCCC(C)C3)c(=O)c2c1. The third kappa shape index (κ3) is 3.42. The minimum Gasteiger partial charge on any atom is -0.494 e. The van der Waals surface area contributed by atoms with Crippen molar-refractivity contribution in [3.8, 4) is 5.75 Å². The van der Waals surface area contributed by atoms with Gasteiger partial charge < -0.3 is 14.6 Å². The van der Waals surface area contributed by atoms with Crippen LogP contribution in [0.3, 0.4) is 0 Å². The molecular formula is C19H27N2O2+. The zero-order valence-corrected chi connectivity index (χ0v) is 14.4. The number of likely N-dealkylation sites (tertiary alicyclic amines) is 1. The maximum Gasteiger partial charge on any atom is 0.198 e. The first-order valence-electron chi connectivity index (χ1n) is 8.70. The molecule has 2 aromatic rings. The molecule has 1 aromatic heterocycles. The van der Waals surface area contributed by atoms with Crippen LogP contribution in [0.15, 0.2) is 23.0 Å². The number of hydrogen-bond donors (Lipinski definition) is 2. The van der Waals surface area contributed by atoms with Gasteiger partial charge in [-0.05, 0) is 44.9 Å². The smallest absolute Gasteiger partial charge is 0.198 e. The first-order valence-corrected chi connectivity index (χ1v) is 8.70. The average molecular weight is 315 g/mol. The summed E-state index contributed by atoms with van der Waals surface area (Å²) in [7, 11) is 0. The highest BCUT2D eigenvalue weighted by Crippen LogP contribution is 2.18. The first-order chi connectivity index (χ1) is 11.1. The Balaban J connectivity index is 1.97. The minimum absolute atomic E-state index is 0.156. The van der Waals surface area contributed by atoms with E-state index in [2.05, 4.69) is 11.9 Å². The highest BCUT2D eigenvalue weighted by molar-refractivity contribution is 5.81. The number of quaternary nitrogens is 1. The maximum atomic E-state index is 13.0. The lowest BCUT2D eigenvalue weighted by atomic mass is 9.99. The molecule has 1 saturated heterocycles. The molecule has 124 valence electrons. The summed E-state index contributed by atoms with van der Waals surface area (Å²) in [4.78, 5) is 17.9. The van der Waals surface area contributed by atoms with Crippen LogP contribution in [0.4, 0.5) is 0 Å². The maximum absolute atomic E-state index is 13.0. The molecule has 1 fully saturated rings. The fourth-order valence-corrected chi connectivity index (χ4v) is 3.71. The number of aryl methyl sites for hydroxylation is 1. The summed E-state index contributed by atoms with van der Waals surface area (Å²) in [6.45, 7) is 10.0. The normalized spacial score (nSPS) is 21.5. The highest BCUT2D eigenvalue weighted by atomic mass is 16.5. The van der Waals surface area contributed by atoms with Crippen molar-refractivity contribution < 1.29 is 9.64 Å².